The van der Waals surface area contributed by atoms with Crippen molar-refractivity contribution in [3.8, 4) is 11.5 Å². The van der Waals surface area contributed by atoms with Gasteiger partial charge in [0.15, 0.2) is 0 Å². The van der Waals surface area contributed by atoms with Gasteiger partial charge in [-0.1, -0.05) is 74.6 Å². The lowest BCUT2D eigenvalue weighted by Crippen LogP contribution is -2.00. The van der Waals surface area contributed by atoms with Gasteiger partial charge in [0.1, 0.15) is 24.7 Å². The summed E-state index contributed by atoms with van der Waals surface area (Å²) < 4.78 is 12.1. The average molecular weight is 439 g/mol. The Kier molecular flexibility index (Phi) is 6.79. The minimum atomic E-state index is 0.546. The summed E-state index contributed by atoms with van der Waals surface area (Å²) in [4.78, 5) is 0. The zero-order valence-electron chi connectivity index (χ0n) is 17.0. The minimum Gasteiger partial charge on any atom is -0.489 e. The molecule has 0 aliphatic carbocycles. The number of ether oxygens (including phenoxy) is 2. The highest BCUT2D eigenvalue weighted by molar-refractivity contribution is 9.08. The molecule has 0 amide bonds. The molecule has 2 nitrogen and oxygen atoms in total. The van der Waals surface area contributed by atoms with Gasteiger partial charge in [0.25, 0.3) is 0 Å². The third-order valence-electron chi connectivity index (χ3n) is 4.47. The maximum Gasteiger partial charge on any atom is 0.123 e. The number of alkyl halides is 1. The molecule has 0 spiro atoms. The van der Waals surface area contributed by atoms with Crippen molar-refractivity contribution in [2.75, 3.05) is 0 Å². The molecule has 0 aliphatic rings. The Bertz CT molecular complexity index is 849. The van der Waals surface area contributed by atoms with Crippen LogP contribution in [0.15, 0.2) is 54.6 Å². The number of rotatable bonds is 7. The SMILES string of the molecule is Cc1cc(C)cc(COc2cc(CBr)cc(OCc3cc(C)cc(C)c3)c2)c1. The zero-order chi connectivity index (χ0) is 20.1. The van der Waals surface area contributed by atoms with Crippen LogP contribution < -0.4 is 9.47 Å². The second-order valence-electron chi connectivity index (χ2n) is 7.52. The van der Waals surface area contributed by atoms with E-state index >= 15 is 0 Å². The lowest BCUT2D eigenvalue weighted by molar-refractivity contribution is 0.289. The number of aryl methyl sites for hydroxylation is 4. The molecule has 3 rings (SSSR count). The van der Waals surface area contributed by atoms with Gasteiger partial charge >= 0.3 is 0 Å². The van der Waals surface area contributed by atoms with Crippen molar-refractivity contribution in [2.24, 2.45) is 0 Å². The Morgan fingerprint density at radius 1 is 0.536 bits per heavy atom. The van der Waals surface area contributed by atoms with Crippen LogP contribution in [-0.2, 0) is 18.5 Å². The van der Waals surface area contributed by atoms with E-state index in [0.717, 1.165) is 22.4 Å². The zero-order valence-corrected chi connectivity index (χ0v) is 18.6. The standard InChI is InChI=1S/C25H27BrO2/c1-17-5-18(2)8-22(7-17)15-27-24-11-21(14-26)12-25(13-24)28-16-23-9-19(3)6-20(4)10-23/h5-13H,14-16H2,1-4H3. The fourth-order valence-corrected chi connectivity index (χ4v) is 3.84. The van der Waals surface area contributed by atoms with Crippen molar-refractivity contribution >= 4 is 15.9 Å². The highest BCUT2D eigenvalue weighted by Crippen LogP contribution is 2.26. The Morgan fingerprint density at radius 2 is 0.929 bits per heavy atom. The topological polar surface area (TPSA) is 18.5 Å². The van der Waals surface area contributed by atoms with Crippen LogP contribution >= 0.6 is 15.9 Å². The van der Waals surface area contributed by atoms with Gasteiger partial charge in [-0.25, -0.2) is 0 Å². The smallest absolute Gasteiger partial charge is 0.123 e. The number of hydrogen-bond donors (Lipinski definition) is 0. The molecule has 0 aromatic heterocycles. The molecule has 0 unspecified atom stereocenters. The van der Waals surface area contributed by atoms with Crippen LogP contribution in [-0.4, -0.2) is 0 Å². The lowest BCUT2D eigenvalue weighted by Gasteiger charge is -2.13. The maximum atomic E-state index is 6.07. The van der Waals surface area contributed by atoms with Gasteiger partial charge in [0, 0.05) is 11.4 Å². The van der Waals surface area contributed by atoms with Gasteiger partial charge in [-0.2, -0.15) is 0 Å². The molecule has 146 valence electrons. The van der Waals surface area contributed by atoms with Crippen molar-refractivity contribution in [3.63, 3.8) is 0 Å². The molecule has 0 radical (unpaired) electrons. The first-order valence-corrected chi connectivity index (χ1v) is 10.6. The van der Waals surface area contributed by atoms with Crippen LogP contribution in [0.5, 0.6) is 11.5 Å². The molecular weight excluding hydrogens is 412 g/mol. The van der Waals surface area contributed by atoms with Gasteiger partial charge in [0.05, 0.1) is 0 Å². The van der Waals surface area contributed by atoms with E-state index in [1.165, 1.54) is 33.4 Å². The number of halogens is 1. The second-order valence-corrected chi connectivity index (χ2v) is 8.08. The van der Waals surface area contributed by atoms with Crippen LogP contribution in [0.4, 0.5) is 0 Å². The lowest BCUT2D eigenvalue weighted by atomic mass is 10.1. The van der Waals surface area contributed by atoms with E-state index in [0.29, 0.717) is 13.2 Å². The molecule has 0 aliphatic heterocycles. The van der Waals surface area contributed by atoms with Crippen molar-refractivity contribution in [2.45, 2.75) is 46.2 Å². The summed E-state index contributed by atoms with van der Waals surface area (Å²) in [6, 6.07) is 19.1. The van der Waals surface area contributed by atoms with Crippen LogP contribution in [0.2, 0.25) is 0 Å². The molecular formula is C25H27BrO2. The summed E-state index contributed by atoms with van der Waals surface area (Å²) in [5.41, 5.74) is 8.51. The Morgan fingerprint density at radius 3 is 1.29 bits per heavy atom. The fraction of sp³-hybridized carbons (Fsp3) is 0.280. The summed E-state index contributed by atoms with van der Waals surface area (Å²) in [5, 5.41) is 0.758. The van der Waals surface area contributed by atoms with E-state index in [1.807, 2.05) is 6.07 Å². The predicted molar refractivity (Wildman–Crippen MR) is 120 cm³/mol. The Balaban J connectivity index is 1.72. The van der Waals surface area contributed by atoms with E-state index in [2.05, 4.69) is 92.2 Å². The summed E-state index contributed by atoms with van der Waals surface area (Å²) in [6.45, 7) is 9.54. The molecule has 0 fully saturated rings. The molecule has 0 heterocycles. The van der Waals surface area contributed by atoms with E-state index in [9.17, 15) is 0 Å². The van der Waals surface area contributed by atoms with Crippen LogP contribution in [0.3, 0.4) is 0 Å². The van der Waals surface area contributed by atoms with Crippen LogP contribution in [0.1, 0.15) is 38.9 Å². The van der Waals surface area contributed by atoms with Gasteiger partial charge < -0.3 is 9.47 Å². The van der Waals surface area contributed by atoms with E-state index < -0.39 is 0 Å². The van der Waals surface area contributed by atoms with Gasteiger partial charge in [0.2, 0.25) is 0 Å². The third kappa shape index (κ3) is 5.87. The summed E-state index contributed by atoms with van der Waals surface area (Å²) in [6.07, 6.45) is 0. The first-order valence-electron chi connectivity index (χ1n) is 9.51. The molecule has 0 atom stereocenters. The van der Waals surface area contributed by atoms with Crippen LogP contribution in [0.25, 0.3) is 0 Å². The highest BCUT2D eigenvalue weighted by Gasteiger charge is 2.06. The molecule has 0 N–H and O–H groups in total. The molecule has 3 aromatic carbocycles. The second kappa shape index (κ2) is 9.29. The van der Waals surface area contributed by atoms with E-state index in [1.54, 1.807) is 0 Å². The molecule has 3 heteroatoms. The highest BCUT2D eigenvalue weighted by atomic mass is 79.9. The number of benzene rings is 3. The summed E-state index contributed by atoms with van der Waals surface area (Å²) in [5.74, 6) is 1.65. The van der Waals surface area contributed by atoms with Crippen molar-refractivity contribution in [3.05, 3.63) is 93.5 Å². The molecule has 28 heavy (non-hydrogen) atoms. The maximum absolute atomic E-state index is 6.07. The first kappa shape index (κ1) is 20.5. The minimum absolute atomic E-state index is 0.546. The third-order valence-corrected chi connectivity index (χ3v) is 5.12. The predicted octanol–water partition coefficient (Wildman–Crippen LogP) is 6.97. The molecule has 0 saturated heterocycles. The first-order chi connectivity index (χ1) is 13.4. The quantitative estimate of drug-likeness (QED) is 0.370. The van der Waals surface area contributed by atoms with Crippen molar-refractivity contribution in [1.29, 1.82) is 0 Å². The summed E-state index contributed by atoms with van der Waals surface area (Å²) in [7, 11) is 0. The van der Waals surface area contributed by atoms with Gasteiger partial charge in [-0.3, -0.25) is 0 Å². The Hall–Kier alpha value is -2.26. The monoisotopic (exact) mass is 438 g/mol. The normalized spacial score (nSPS) is 10.8. The fourth-order valence-electron chi connectivity index (χ4n) is 3.51. The average Bonchev–Trinajstić information content (AvgIpc) is 2.63. The van der Waals surface area contributed by atoms with Crippen molar-refractivity contribution < 1.29 is 9.47 Å². The largest absolute Gasteiger partial charge is 0.489 e. The van der Waals surface area contributed by atoms with Crippen molar-refractivity contribution in [1.82, 2.24) is 0 Å². The Labute approximate surface area is 176 Å². The van der Waals surface area contributed by atoms with Gasteiger partial charge in [-0.15, -0.1) is 0 Å². The number of hydrogen-bond acceptors (Lipinski definition) is 2. The molecule has 3 aromatic rings. The summed E-state index contributed by atoms with van der Waals surface area (Å²) >= 11 is 3.54. The molecule has 0 saturated carbocycles. The van der Waals surface area contributed by atoms with Crippen LogP contribution in [0, 0.1) is 27.7 Å². The van der Waals surface area contributed by atoms with E-state index in [4.69, 9.17) is 9.47 Å². The van der Waals surface area contributed by atoms with Gasteiger partial charge in [-0.05, 0) is 56.5 Å². The molecule has 0 bridgehead atoms. The van der Waals surface area contributed by atoms with E-state index in [-0.39, 0.29) is 0 Å².